The number of aromatic nitrogens is 1. The van der Waals surface area contributed by atoms with E-state index in [1.54, 1.807) is 0 Å². The van der Waals surface area contributed by atoms with Crippen molar-refractivity contribution in [2.75, 3.05) is 7.05 Å². The lowest BCUT2D eigenvalue weighted by atomic mass is 10.1. The van der Waals surface area contributed by atoms with Crippen LogP contribution in [-0.2, 0) is 6.18 Å². The van der Waals surface area contributed by atoms with E-state index >= 15 is 0 Å². The Morgan fingerprint density at radius 3 is 2.44 bits per heavy atom. The van der Waals surface area contributed by atoms with E-state index in [2.05, 4.69) is 10.3 Å². The van der Waals surface area contributed by atoms with Crippen LogP contribution in [0.1, 0.15) is 36.6 Å². The van der Waals surface area contributed by atoms with Gasteiger partial charge in [0.25, 0.3) is 0 Å². The lowest BCUT2D eigenvalue weighted by Crippen LogP contribution is -2.18. The predicted molar refractivity (Wildman–Crippen MR) is 65.6 cm³/mol. The summed E-state index contributed by atoms with van der Waals surface area (Å²) in [7, 11) is 1.81. The third-order valence-corrected chi connectivity index (χ3v) is 3.09. The largest absolute Gasteiger partial charge is 0.417 e. The topological polar surface area (TPSA) is 24.9 Å². The maximum atomic E-state index is 12.4. The molecular weight excluding hydrogens is 265 g/mol. The first kappa shape index (κ1) is 15.2. The van der Waals surface area contributed by atoms with Gasteiger partial charge < -0.3 is 5.32 Å². The predicted octanol–water partition coefficient (Wildman–Crippen LogP) is 3.58. The SMILES string of the molecule is CN[C@H](CC1CC1)c1ccc(C(F)(F)F)cn1.Cl. The van der Waals surface area contributed by atoms with Gasteiger partial charge in [-0.15, -0.1) is 12.4 Å². The second-order valence-corrected chi connectivity index (χ2v) is 4.49. The number of nitrogens with one attached hydrogen (secondary N) is 1. The number of rotatable bonds is 4. The smallest absolute Gasteiger partial charge is 0.312 e. The summed E-state index contributed by atoms with van der Waals surface area (Å²) in [5.74, 6) is 0.705. The zero-order valence-corrected chi connectivity index (χ0v) is 10.8. The van der Waals surface area contributed by atoms with Crippen molar-refractivity contribution >= 4 is 12.4 Å². The minimum absolute atomic E-state index is 0. The van der Waals surface area contributed by atoms with Crippen LogP contribution in [0.5, 0.6) is 0 Å². The van der Waals surface area contributed by atoms with Crippen LogP contribution in [0.3, 0.4) is 0 Å². The molecule has 1 fully saturated rings. The van der Waals surface area contributed by atoms with Crippen molar-refractivity contribution < 1.29 is 13.2 Å². The van der Waals surface area contributed by atoms with E-state index in [-0.39, 0.29) is 18.4 Å². The molecule has 1 aliphatic carbocycles. The average Bonchev–Trinajstić information content (AvgIpc) is 3.09. The normalized spacial score (nSPS) is 17.1. The van der Waals surface area contributed by atoms with E-state index in [1.165, 1.54) is 18.9 Å². The van der Waals surface area contributed by atoms with E-state index in [1.807, 2.05) is 7.05 Å². The van der Waals surface area contributed by atoms with Crippen molar-refractivity contribution in [3.8, 4) is 0 Å². The zero-order valence-electron chi connectivity index (χ0n) is 10.00. The molecule has 1 aromatic heterocycles. The van der Waals surface area contributed by atoms with Gasteiger partial charge in [0.2, 0.25) is 0 Å². The van der Waals surface area contributed by atoms with E-state index in [9.17, 15) is 13.2 Å². The summed E-state index contributed by atoms with van der Waals surface area (Å²) < 4.78 is 37.1. The van der Waals surface area contributed by atoms with Crippen LogP contribution in [0.4, 0.5) is 13.2 Å². The molecule has 0 spiro atoms. The minimum atomic E-state index is -4.31. The molecule has 1 heterocycles. The highest BCUT2D eigenvalue weighted by molar-refractivity contribution is 5.85. The summed E-state index contributed by atoms with van der Waals surface area (Å²) in [6, 6.07) is 2.62. The maximum absolute atomic E-state index is 12.4. The molecule has 1 aliphatic rings. The van der Waals surface area contributed by atoms with Crippen molar-refractivity contribution in [3.63, 3.8) is 0 Å². The fourth-order valence-electron chi connectivity index (χ4n) is 1.85. The van der Waals surface area contributed by atoms with Gasteiger partial charge in [0.05, 0.1) is 11.3 Å². The van der Waals surface area contributed by atoms with Gasteiger partial charge in [-0.05, 0) is 31.5 Å². The van der Waals surface area contributed by atoms with Crippen molar-refractivity contribution in [2.24, 2.45) is 5.92 Å². The van der Waals surface area contributed by atoms with Crippen LogP contribution >= 0.6 is 12.4 Å². The Bertz CT molecular complexity index is 374. The van der Waals surface area contributed by atoms with Crippen LogP contribution in [0, 0.1) is 5.92 Å². The van der Waals surface area contributed by atoms with E-state index in [4.69, 9.17) is 0 Å². The van der Waals surface area contributed by atoms with E-state index in [0.29, 0.717) is 11.6 Å². The molecule has 0 radical (unpaired) electrons. The summed E-state index contributed by atoms with van der Waals surface area (Å²) in [6.45, 7) is 0. The molecular formula is C12H16ClF3N2. The summed E-state index contributed by atoms with van der Waals surface area (Å²) in [5, 5.41) is 3.10. The Kier molecular flexibility index (Phi) is 4.99. The van der Waals surface area contributed by atoms with Gasteiger partial charge in [-0.2, -0.15) is 13.2 Å². The van der Waals surface area contributed by atoms with Crippen LogP contribution in [0.2, 0.25) is 0 Å². The highest BCUT2D eigenvalue weighted by Crippen LogP contribution is 2.37. The summed E-state index contributed by atoms with van der Waals surface area (Å²) in [5.41, 5.74) is -0.00470. The monoisotopic (exact) mass is 280 g/mol. The molecule has 0 unspecified atom stereocenters. The Morgan fingerprint density at radius 1 is 1.39 bits per heavy atom. The van der Waals surface area contributed by atoms with Gasteiger partial charge in [-0.25, -0.2) is 0 Å². The Hall–Kier alpha value is -0.810. The molecule has 2 nitrogen and oxygen atoms in total. The van der Waals surface area contributed by atoms with Gasteiger partial charge in [0.1, 0.15) is 0 Å². The van der Waals surface area contributed by atoms with Gasteiger partial charge in [-0.1, -0.05) is 12.8 Å². The van der Waals surface area contributed by atoms with Crippen molar-refractivity contribution in [2.45, 2.75) is 31.5 Å². The molecule has 1 atom stereocenters. The molecule has 2 rings (SSSR count). The van der Waals surface area contributed by atoms with E-state index < -0.39 is 11.7 Å². The molecule has 102 valence electrons. The maximum Gasteiger partial charge on any atom is 0.417 e. The van der Waals surface area contributed by atoms with Gasteiger partial charge >= 0.3 is 6.18 Å². The standard InChI is InChI=1S/C12H15F3N2.ClH/c1-16-11(6-8-2-3-8)10-5-4-9(7-17-10)12(13,14)15;/h4-5,7-8,11,16H,2-3,6H2,1H3;1H/t11-;/m1./s1. The molecule has 0 amide bonds. The minimum Gasteiger partial charge on any atom is -0.312 e. The molecule has 1 N–H and O–H groups in total. The quantitative estimate of drug-likeness (QED) is 0.912. The third-order valence-electron chi connectivity index (χ3n) is 3.09. The summed E-state index contributed by atoms with van der Waals surface area (Å²) >= 11 is 0. The van der Waals surface area contributed by atoms with Gasteiger partial charge in [0.15, 0.2) is 0 Å². The second kappa shape index (κ2) is 5.89. The first-order valence-electron chi connectivity index (χ1n) is 5.71. The summed E-state index contributed by atoms with van der Waals surface area (Å²) in [6.07, 6.45) is -0.00374. The lowest BCUT2D eigenvalue weighted by Gasteiger charge is -2.16. The lowest BCUT2D eigenvalue weighted by molar-refractivity contribution is -0.137. The van der Waals surface area contributed by atoms with Crippen LogP contribution in [0.25, 0.3) is 0 Å². The van der Waals surface area contributed by atoms with Gasteiger partial charge in [0, 0.05) is 12.2 Å². The van der Waals surface area contributed by atoms with Gasteiger partial charge in [-0.3, -0.25) is 4.98 Å². The first-order chi connectivity index (χ1) is 8.00. The summed E-state index contributed by atoms with van der Waals surface area (Å²) in [4.78, 5) is 3.91. The number of hydrogen-bond acceptors (Lipinski definition) is 2. The molecule has 0 bridgehead atoms. The third kappa shape index (κ3) is 3.85. The van der Waals surface area contributed by atoms with Crippen molar-refractivity contribution in [1.82, 2.24) is 10.3 Å². The molecule has 0 aliphatic heterocycles. The van der Waals surface area contributed by atoms with E-state index in [0.717, 1.165) is 18.7 Å². The highest BCUT2D eigenvalue weighted by Gasteiger charge is 2.31. The average molecular weight is 281 g/mol. The Balaban J connectivity index is 0.00000162. The van der Waals surface area contributed by atoms with Crippen LogP contribution in [-0.4, -0.2) is 12.0 Å². The number of nitrogens with zero attached hydrogens (tertiary/aromatic N) is 1. The number of hydrogen-bond donors (Lipinski definition) is 1. The van der Waals surface area contributed by atoms with Crippen molar-refractivity contribution in [3.05, 3.63) is 29.6 Å². The highest BCUT2D eigenvalue weighted by atomic mass is 35.5. The number of halogens is 4. The Labute approximate surface area is 110 Å². The first-order valence-corrected chi connectivity index (χ1v) is 5.71. The fraction of sp³-hybridized carbons (Fsp3) is 0.583. The molecule has 6 heteroatoms. The molecule has 18 heavy (non-hydrogen) atoms. The molecule has 1 aromatic rings. The Morgan fingerprint density at radius 2 is 2.06 bits per heavy atom. The molecule has 0 saturated heterocycles. The number of pyridine rings is 1. The zero-order chi connectivity index (χ0) is 12.5. The van der Waals surface area contributed by atoms with Crippen LogP contribution < -0.4 is 5.32 Å². The fourth-order valence-corrected chi connectivity index (χ4v) is 1.85. The molecule has 0 aromatic carbocycles. The van der Waals surface area contributed by atoms with Crippen molar-refractivity contribution in [1.29, 1.82) is 0 Å². The van der Waals surface area contributed by atoms with Crippen LogP contribution in [0.15, 0.2) is 18.3 Å². The molecule has 1 saturated carbocycles. The second-order valence-electron chi connectivity index (χ2n) is 4.49. The number of alkyl halides is 3.